The number of aliphatic hydroxyl groups is 1. The summed E-state index contributed by atoms with van der Waals surface area (Å²) in [6, 6.07) is -3.59. The molecule has 7 atom stereocenters. The van der Waals surface area contributed by atoms with Crippen LogP contribution in [0.1, 0.15) is 126 Å². The number of aromatic nitrogens is 2. The molecular weight excluding hydrogens is 682 g/mol. The van der Waals surface area contributed by atoms with E-state index in [0.717, 1.165) is 63.8 Å². The van der Waals surface area contributed by atoms with Gasteiger partial charge in [-0.3, -0.25) is 24.0 Å². The van der Waals surface area contributed by atoms with Gasteiger partial charge < -0.3 is 36.0 Å². The van der Waals surface area contributed by atoms with Crippen LogP contribution in [0.15, 0.2) is 12.4 Å². The minimum atomic E-state index is -1.42. The molecule has 0 bridgehead atoms. The van der Waals surface area contributed by atoms with Crippen molar-refractivity contribution in [2.24, 2.45) is 23.2 Å². The molecule has 5 amide bonds. The van der Waals surface area contributed by atoms with E-state index in [1.165, 1.54) is 7.11 Å². The number of nitrogens with zero attached hydrogens (tertiary/aromatic N) is 3. The lowest BCUT2D eigenvalue weighted by molar-refractivity contribution is -0.146. The highest BCUT2D eigenvalue weighted by atomic mass is 16.5. The first-order valence-corrected chi connectivity index (χ1v) is 19.3. The van der Waals surface area contributed by atoms with Gasteiger partial charge in [0.25, 0.3) is 11.8 Å². The lowest BCUT2D eigenvalue weighted by Gasteiger charge is -2.38. The van der Waals surface area contributed by atoms with E-state index in [1.807, 2.05) is 27.7 Å². The highest BCUT2D eigenvalue weighted by Gasteiger charge is 2.52. The number of methoxy groups -OCH3 is 1. The van der Waals surface area contributed by atoms with Crippen LogP contribution in [0.3, 0.4) is 0 Å². The fourth-order valence-electron chi connectivity index (χ4n) is 8.24. The van der Waals surface area contributed by atoms with Crippen molar-refractivity contribution < 1.29 is 38.6 Å². The molecule has 3 saturated carbocycles. The smallest absolute Gasteiger partial charge is 0.358 e. The maximum absolute atomic E-state index is 14.7. The quantitative estimate of drug-likeness (QED) is 0.175. The van der Waals surface area contributed by atoms with Gasteiger partial charge in [-0.05, 0) is 68.1 Å². The topological polar surface area (TPSA) is 209 Å². The van der Waals surface area contributed by atoms with E-state index < -0.39 is 71.2 Å². The first kappa shape index (κ1) is 40.1. The molecule has 1 aromatic heterocycles. The summed E-state index contributed by atoms with van der Waals surface area (Å²) in [6.45, 7) is 7.81. The third kappa shape index (κ3) is 9.70. The highest BCUT2D eigenvalue weighted by molar-refractivity contribution is 5.98. The normalized spacial score (nSPS) is 23.9. The average molecular weight is 740 g/mol. The fraction of sp³-hybridized carbons (Fsp3) is 0.737. The molecule has 0 radical (unpaired) electrons. The molecule has 15 nitrogen and oxygen atoms in total. The monoisotopic (exact) mass is 739 g/mol. The van der Waals surface area contributed by atoms with Crippen LogP contribution in [0.5, 0.6) is 0 Å². The van der Waals surface area contributed by atoms with E-state index >= 15 is 0 Å². The maximum atomic E-state index is 14.7. The van der Waals surface area contributed by atoms with Crippen molar-refractivity contribution in [2.75, 3.05) is 13.7 Å². The van der Waals surface area contributed by atoms with Crippen LogP contribution in [0.4, 0.5) is 0 Å². The Morgan fingerprint density at radius 1 is 0.887 bits per heavy atom. The Morgan fingerprint density at radius 3 is 2.17 bits per heavy atom. The van der Waals surface area contributed by atoms with E-state index in [0.29, 0.717) is 32.2 Å². The summed E-state index contributed by atoms with van der Waals surface area (Å²) in [5, 5.41) is 22.6. The van der Waals surface area contributed by atoms with Gasteiger partial charge in [-0.25, -0.2) is 14.8 Å². The largest absolute Gasteiger partial charge is 0.464 e. The van der Waals surface area contributed by atoms with Crippen molar-refractivity contribution in [2.45, 2.75) is 141 Å². The standard InChI is InChI=1S/C38H57N7O8/c1-6-11-25(30(46)35(50)41-23-16-17-23)42-34(49)29-24-15-10-14-22(24)20-45(29)36(51)31(38(2,3)4)44-33(48)28(21-12-8-7-9-13-21)43-32(47)26-18-40-27(19-39-26)37(52)53-5/h18-19,21-25,28-31,46H,6-17,20H2,1-5H3,(H,41,50)(H,42,49)(H,43,47)(H,44,48)/t22-,24?,25-,28-,29-,30?,31+/m0/s1. The summed E-state index contributed by atoms with van der Waals surface area (Å²) in [4.78, 5) is 90.8. The van der Waals surface area contributed by atoms with Crippen LogP contribution < -0.4 is 21.3 Å². The van der Waals surface area contributed by atoms with Crippen molar-refractivity contribution in [1.82, 2.24) is 36.1 Å². The van der Waals surface area contributed by atoms with E-state index in [-0.39, 0.29) is 35.2 Å². The zero-order chi connectivity index (χ0) is 38.4. The van der Waals surface area contributed by atoms with Crippen molar-refractivity contribution in [3.63, 3.8) is 0 Å². The van der Waals surface area contributed by atoms with E-state index in [9.17, 15) is 33.9 Å². The number of amides is 5. The third-order valence-corrected chi connectivity index (χ3v) is 11.3. The Bertz CT molecular complexity index is 1500. The average Bonchev–Trinajstić information content (AvgIpc) is 3.71. The second-order valence-corrected chi connectivity index (χ2v) is 16.4. The van der Waals surface area contributed by atoms with E-state index in [1.54, 1.807) is 4.90 Å². The number of rotatable bonds is 14. The first-order chi connectivity index (χ1) is 25.2. The van der Waals surface area contributed by atoms with Crippen LogP contribution in [0.2, 0.25) is 0 Å². The van der Waals surface area contributed by atoms with Crippen LogP contribution in [-0.4, -0.2) is 105 Å². The Hall–Kier alpha value is -4.14. The van der Waals surface area contributed by atoms with Gasteiger partial charge in [-0.15, -0.1) is 0 Å². The van der Waals surface area contributed by atoms with Crippen molar-refractivity contribution in [3.8, 4) is 0 Å². The number of esters is 1. The highest BCUT2D eigenvalue weighted by Crippen LogP contribution is 2.43. The number of likely N-dealkylation sites (tertiary alicyclic amines) is 1. The van der Waals surface area contributed by atoms with Gasteiger partial charge in [0.2, 0.25) is 17.7 Å². The number of carbonyl (C=O) groups excluding carboxylic acids is 6. The molecule has 2 unspecified atom stereocenters. The molecule has 1 aromatic rings. The van der Waals surface area contributed by atoms with Gasteiger partial charge in [-0.2, -0.15) is 0 Å². The van der Waals surface area contributed by atoms with E-state index in [4.69, 9.17) is 0 Å². The number of hydrogen-bond donors (Lipinski definition) is 5. The van der Waals surface area contributed by atoms with E-state index in [2.05, 4.69) is 36.0 Å². The summed E-state index contributed by atoms with van der Waals surface area (Å²) < 4.78 is 4.66. The minimum Gasteiger partial charge on any atom is -0.464 e. The number of aliphatic hydroxyl groups excluding tert-OH is 1. The lowest BCUT2D eigenvalue weighted by Crippen LogP contribution is -2.62. The molecule has 4 aliphatic rings. The molecule has 3 aliphatic carbocycles. The van der Waals surface area contributed by atoms with Crippen LogP contribution in [0.25, 0.3) is 0 Å². The summed E-state index contributed by atoms with van der Waals surface area (Å²) in [7, 11) is 1.21. The molecule has 1 aliphatic heterocycles. The summed E-state index contributed by atoms with van der Waals surface area (Å²) >= 11 is 0. The number of carbonyl (C=O) groups is 6. The van der Waals surface area contributed by atoms with Gasteiger partial charge in [0.15, 0.2) is 11.8 Å². The zero-order valence-corrected chi connectivity index (χ0v) is 31.7. The molecule has 4 fully saturated rings. The number of fused-ring (bicyclic) bond motifs is 1. The third-order valence-electron chi connectivity index (χ3n) is 11.3. The van der Waals surface area contributed by atoms with Crippen molar-refractivity contribution >= 4 is 35.5 Å². The van der Waals surface area contributed by atoms with Gasteiger partial charge >= 0.3 is 5.97 Å². The van der Waals surface area contributed by atoms with Gasteiger partial charge in [0.05, 0.1) is 25.5 Å². The molecule has 2 heterocycles. The molecule has 15 heteroatoms. The van der Waals surface area contributed by atoms with Gasteiger partial charge in [0, 0.05) is 12.6 Å². The number of ether oxygens (including phenoxy) is 1. The summed E-state index contributed by atoms with van der Waals surface area (Å²) in [5.41, 5.74) is -0.918. The second kappa shape index (κ2) is 17.3. The Balaban J connectivity index is 1.35. The molecule has 5 rings (SSSR count). The minimum absolute atomic E-state index is 0.0566. The van der Waals surface area contributed by atoms with Gasteiger partial charge in [-0.1, -0.05) is 59.8 Å². The predicted molar refractivity (Wildman–Crippen MR) is 193 cm³/mol. The molecule has 53 heavy (non-hydrogen) atoms. The summed E-state index contributed by atoms with van der Waals surface area (Å²) in [5.74, 6) is -3.32. The summed E-state index contributed by atoms with van der Waals surface area (Å²) in [6.07, 6.45) is 10.4. The molecule has 5 N–H and O–H groups in total. The molecule has 292 valence electrons. The van der Waals surface area contributed by atoms with Crippen LogP contribution >= 0.6 is 0 Å². The zero-order valence-electron chi connectivity index (χ0n) is 31.7. The Kier molecular flexibility index (Phi) is 13.1. The fourth-order valence-corrected chi connectivity index (χ4v) is 8.24. The molecule has 1 saturated heterocycles. The molecular formula is C38H57N7O8. The second-order valence-electron chi connectivity index (χ2n) is 16.4. The predicted octanol–water partition coefficient (Wildman–Crippen LogP) is 2.02. The van der Waals surface area contributed by atoms with Crippen molar-refractivity contribution in [3.05, 3.63) is 23.8 Å². The Labute approximate surface area is 311 Å². The molecule has 0 aromatic carbocycles. The molecule has 0 spiro atoms. The van der Waals surface area contributed by atoms with Crippen molar-refractivity contribution in [1.29, 1.82) is 0 Å². The van der Waals surface area contributed by atoms with Crippen LogP contribution in [-0.2, 0) is 23.9 Å². The van der Waals surface area contributed by atoms with Crippen LogP contribution in [0, 0.1) is 23.2 Å². The SMILES string of the molecule is CCC[C@H](NC(=O)[C@@H]1C2CCC[C@H]2CN1C(=O)[C@@H](NC(=O)[C@@H](NC(=O)c1cnc(C(=O)OC)cn1)C1CCCCC1)C(C)(C)C)C(O)C(=O)NC1CC1. The first-order valence-electron chi connectivity index (χ1n) is 19.3. The number of nitrogens with one attached hydrogen (secondary N) is 4. The number of hydrogen-bond acceptors (Lipinski definition) is 10. The Morgan fingerprint density at radius 2 is 1.57 bits per heavy atom. The van der Waals surface area contributed by atoms with Gasteiger partial charge in [0.1, 0.15) is 23.8 Å². The lowest BCUT2D eigenvalue weighted by atomic mass is 9.82. The maximum Gasteiger partial charge on any atom is 0.358 e.